The SMILES string of the molecule is CCCNC(c1ccc(F)c(Br)c1)c1sccc1Cl. The van der Waals surface area contributed by atoms with E-state index in [4.69, 9.17) is 11.6 Å². The van der Waals surface area contributed by atoms with Gasteiger partial charge in [-0.1, -0.05) is 24.6 Å². The van der Waals surface area contributed by atoms with Gasteiger partial charge in [-0.2, -0.15) is 0 Å². The lowest BCUT2D eigenvalue weighted by atomic mass is 10.1. The number of benzene rings is 1. The van der Waals surface area contributed by atoms with Gasteiger partial charge >= 0.3 is 0 Å². The highest BCUT2D eigenvalue weighted by atomic mass is 79.9. The maximum atomic E-state index is 13.3. The number of hydrogen-bond donors (Lipinski definition) is 1. The molecule has 0 aliphatic heterocycles. The van der Waals surface area contributed by atoms with Crippen molar-refractivity contribution in [1.29, 1.82) is 0 Å². The second-order valence-corrected chi connectivity index (χ2v) is 6.40. The largest absolute Gasteiger partial charge is 0.306 e. The Hall–Kier alpha value is -0.420. The highest BCUT2D eigenvalue weighted by molar-refractivity contribution is 9.10. The predicted octanol–water partition coefficient (Wildman–Crippen LogP) is 5.39. The lowest BCUT2D eigenvalue weighted by Gasteiger charge is -2.19. The first-order valence-electron chi connectivity index (χ1n) is 6.04. The first kappa shape index (κ1) is 15.0. The molecule has 0 amide bonds. The van der Waals surface area contributed by atoms with Gasteiger partial charge in [0.1, 0.15) is 5.82 Å². The summed E-state index contributed by atoms with van der Waals surface area (Å²) in [4.78, 5) is 1.06. The summed E-state index contributed by atoms with van der Waals surface area (Å²) >= 11 is 11.1. The Labute approximate surface area is 129 Å². The molecule has 0 spiro atoms. The summed E-state index contributed by atoms with van der Waals surface area (Å²) in [5.41, 5.74) is 1.01. The van der Waals surface area contributed by atoms with Crippen molar-refractivity contribution >= 4 is 38.9 Å². The Kier molecular flexibility index (Phi) is 5.39. The second-order valence-electron chi connectivity index (χ2n) is 4.19. The lowest BCUT2D eigenvalue weighted by Crippen LogP contribution is -2.22. The van der Waals surface area contributed by atoms with E-state index in [0.29, 0.717) is 4.47 Å². The minimum Gasteiger partial charge on any atom is -0.306 e. The summed E-state index contributed by atoms with van der Waals surface area (Å²) < 4.78 is 13.8. The van der Waals surface area contributed by atoms with Crippen LogP contribution < -0.4 is 5.32 Å². The molecule has 0 saturated heterocycles. The van der Waals surface area contributed by atoms with Crippen LogP contribution >= 0.6 is 38.9 Å². The Morgan fingerprint density at radius 1 is 1.42 bits per heavy atom. The van der Waals surface area contributed by atoms with E-state index in [2.05, 4.69) is 28.2 Å². The number of halogens is 3. The van der Waals surface area contributed by atoms with Gasteiger partial charge in [-0.05, 0) is 58.0 Å². The molecule has 102 valence electrons. The van der Waals surface area contributed by atoms with Gasteiger partial charge in [-0.3, -0.25) is 0 Å². The topological polar surface area (TPSA) is 12.0 Å². The first-order valence-corrected chi connectivity index (χ1v) is 8.09. The van der Waals surface area contributed by atoms with E-state index in [1.165, 1.54) is 6.07 Å². The van der Waals surface area contributed by atoms with Crippen LogP contribution in [0.25, 0.3) is 0 Å². The van der Waals surface area contributed by atoms with Crippen molar-refractivity contribution in [2.75, 3.05) is 6.54 Å². The highest BCUT2D eigenvalue weighted by Crippen LogP contribution is 2.34. The third-order valence-electron chi connectivity index (χ3n) is 2.78. The molecule has 0 fully saturated rings. The van der Waals surface area contributed by atoms with Gasteiger partial charge in [0.05, 0.1) is 15.5 Å². The molecular formula is C14H14BrClFNS. The number of rotatable bonds is 5. The normalized spacial score (nSPS) is 12.6. The third kappa shape index (κ3) is 3.57. The van der Waals surface area contributed by atoms with Crippen LogP contribution in [0.2, 0.25) is 5.02 Å². The summed E-state index contributed by atoms with van der Waals surface area (Å²) in [6.45, 7) is 2.99. The average molecular weight is 363 g/mol. The Bertz CT molecular complexity index is 558. The lowest BCUT2D eigenvalue weighted by molar-refractivity contribution is 0.596. The fraction of sp³-hybridized carbons (Fsp3) is 0.286. The number of hydrogen-bond acceptors (Lipinski definition) is 2. The van der Waals surface area contributed by atoms with E-state index in [1.807, 2.05) is 11.4 Å². The van der Waals surface area contributed by atoms with Crippen molar-refractivity contribution in [2.24, 2.45) is 0 Å². The average Bonchev–Trinajstić information content (AvgIpc) is 2.80. The van der Waals surface area contributed by atoms with Gasteiger partial charge in [-0.25, -0.2) is 4.39 Å². The number of nitrogens with one attached hydrogen (secondary N) is 1. The van der Waals surface area contributed by atoms with E-state index in [0.717, 1.165) is 28.4 Å². The van der Waals surface area contributed by atoms with Gasteiger partial charge in [0.25, 0.3) is 0 Å². The minimum absolute atomic E-state index is 0.00403. The van der Waals surface area contributed by atoms with Gasteiger partial charge in [0, 0.05) is 4.88 Å². The molecule has 0 saturated carbocycles. The smallest absolute Gasteiger partial charge is 0.137 e. The standard InChI is InChI=1S/C14H14BrClFNS/c1-2-6-18-13(14-11(16)5-7-19-14)9-3-4-12(17)10(15)8-9/h3-5,7-8,13,18H,2,6H2,1H3. The molecule has 1 aromatic heterocycles. The van der Waals surface area contributed by atoms with Crippen LogP contribution in [-0.2, 0) is 0 Å². The van der Waals surface area contributed by atoms with Crippen LogP contribution in [0, 0.1) is 5.82 Å². The summed E-state index contributed by atoms with van der Waals surface area (Å²) in [5, 5.41) is 6.18. The molecule has 0 aliphatic carbocycles. The molecule has 1 nitrogen and oxygen atoms in total. The van der Waals surface area contributed by atoms with E-state index in [1.54, 1.807) is 23.5 Å². The van der Waals surface area contributed by atoms with E-state index >= 15 is 0 Å². The maximum Gasteiger partial charge on any atom is 0.137 e. The monoisotopic (exact) mass is 361 g/mol. The zero-order valence-electron chi connectivity index (χ0n) is 10.4. The molecule has 0 aliphatic rings. The molecule has 1 heterocycles. The second kappa shape index (κ2) is 6.84. The van der Waals surface area contributed by atoms with Crippen molar-refractivity contribution in [3.05, 3.63) is 55.4 Å². The molecular weight excluding hydrogens is 349 g/mol. The van der Waals surface area contributed by atoms with Crippen LogP contribution in [0.15, 0.2) is 34.1 Å². The quantitative estimate of drug-likeness (QED) is 0.751. The van der Waals surface area contributed by atoms with E-state index < -0.39 is 0 Å². The van der Waals surface area contributed by atoms with Crippen LogP contribution in [0.4, 0.5) is 4.39 Å². The van der Waals surface area contributed by atoms with Gasteiger partial charge in [0.15, 0.2) is 0 Å². The summed E-state index contributed by atoms with van der Waals surface area (Å²) in [7, 11) is 0. The molecule has 0 bridgehead atoms. The van der Waals surface area contributed by atoms with Crippen molar-refractivity contribution in [3.8, 4) is 0 Å². The van der Waals surface area contributed by atoms with Gasteiger partial charge < -0.3 is 5.32 Å². The number of thiophene rings is 1. The predicted molar refractivity (Wildman–Crippen MR) is 83.6 cm³/mol. The Morgan fingerprint density at radius 3 is 2.79 bits per heavy atom. The highest BCUT2D eigenvalue weighted by Gasteiger charge is 2.18. The molecule has 5 heteroatoms. The maximum absolute atomic E-state index is 13.3. The van der Waals surface area contributed by atoms with Crippen LogP contribution in [0.3, 0.4) is 0 Å². The summed E-state index contributed by atoms with van der Waals surface area (Å²) in [5.74, 6) is -0.254. The third-order valence-corrected chi connectivity index (χ3v) is 4.81. The molecule has 0 radical (unpaired) electrons. The van der Waals surface area contributed by atoms with Gasteiger partial charge in [-0.15, -0.1) is 11.3 Å². The van der Waals surface area contributed by atoms with E-state index in [9.17, 15) is 4.39 Å². The van der Waals surface area contributed by atoms with Crippen LogP contribution in [0.1, 0.15) is 29.8 Å². The molecule has 1 N–H and O–H groups in total. The van der Waals surface area contributed by atoms with Crippen molar-refractivity contribution in [2.45, 2.75) is 19.4 Å². The summed E-state index contributed by atoms with van der Waals surface area (Å²) in [6.07, 6.45) is 1.03. The van der Waals surface area contributed by atoms with Crippen molar-refractivity contribution in [3.63, 3.8) is 0 Å². The molecule has 1 aromatic carbocycles. The molecule has 1 atom stereocenters. The molecule has 19 heavy (non-hydrogen) atoms. The molecule has 2 aromatic rings. The van der Waals surface area contributed by atoms with Crippen molar-refractivity contribution in [1.82, 2.24) is 5.32 Å². The minimum atomic E-state index is -0.254. The van der Waals surface area contributed by atoms with Crippen LogP contribution in [0.5, 0.6) is 0 Å². The molecule has 1 unspecified atom stereocenters. The summed E-state index contributed by atoms with van der Waals surface area (Å²) in [6, 6.07) is 6.97. The van der Waals surface area contributed by atoms with Crippen LogP contribution in [-0.4, -0.2) is 6.54 Å². The zero-order valence-corrected chi connectivity index (χ0v) is 13.6. The van der Waals surface area contributed by atoms with Gasteiger partial charge in [0.2, 0.25) is 0 Å². The Morgan fingerprint density at radius 2 is 2.21 bits per heavy atom. The fourth-order valence-corrected chi connectivity index (χ4v) is 3.52. The first-order chi connectivity index (χ1) is 9.13. The Balaban J connectivity index is 2.37. The van der Waals surface area contributed by atoms with E-state index in [-0.39, 0.29) is 11.9 Å². The fourth-order valence-electron chi connectivity index (χ4n) is 1.85. The molecule has 2 rings (SSSR count). The zero-order chi connectivity index (χ0) is 13.8. The van der Waals surface area contributed by atoms with Crippen molar-refractivity contribution < 1.29 is 4.39 Å².